The first-order valence-electron chi connectivity index (χ1n) is 10.4. The second-order valence-electron chi connectivity index (χ2n) is 7.93. The lowest BCUT2D eigenvalue weighted by Gasteiger charge is -2.33. The van der Waals surface area contributed by atoms with E-state index in [1.54, 1.807) is 12.1 Å². The molecule has 2 aliphatic heterocycles. The Morgan fingerprint density at radius 2 is 2.13 bits per heavy atom. The van der Waals surface area contributed by atoms with Crippen molar-refractivity contribution >= 4 is 5.91 Å². The van der Waals surface area contributed by atoms with Gasteiger partial charge in [-0.05, 0) is 49.8 Å². The smallest absolute Gasteiger partial charge is 0.254 e. The number of amides is 1. The summed E-state index contributed by atoms with van der Waals surface area (Å²) < 4.78 is 33.6. The van der Waals surface area contributed by atoms with E-state index in [4.69, 9.17) is 4.74 Å². The molecule has 2 aliphatic rings. The van der Waals surface area contributed by atoms with Crippen molar-refractivity contribution in [3.8, 4) is 5.75 Å². The van der Waals surface area contributed by atoms with Crippen LogP contribution >= 0.6 is 0 Å². The molecule has 0 unspecified atom stereocenters. The summed E-state index contributed by atoms with van der Waals surface area (Å²) in [6.07, 6.45) is 0.814. The van der Waals surface area contributed by atoms with Crippen molar-refractivity contribution < 1.29 is 18.3 Å². The van der Waals surface area contributed by atoms with Gasteiger partial charge in [0.2, 0.25) is 0 Å². The first-order chi connectivity index (χ1) is 14.6. The number of hydrogen-bond donors (Lipinski definition) is 2. The van der Waals surface area contributed by atoms with Crippen molar-refractivity contribution in [2.75, 3.05) is 39.8 Å². The number of nitrogens with one attached hydrogen (secondary N) is 2. The highest BCUT2D eigenvalue weighted by atomic mass is 19.1. The highest BCUT2D eigenvalue weighted by Crippen LogP contribution is 2.41. The number of ether oxygens (including phenoxy) is 1. The lowest BCUT2D eigenvalue weighted by atomic mass is 9.82. The molecule has 2 heterocycles. The number of fused-ring (bicyclic) bond motifs is 1. The monoisotopic (exact) mass is 415 g/mol. The number of rotatable bonds is 6. The molecule has 0 saturated carbocycles. The summed E-state index contributed by atoms with van der Waals surface area (Å²) in [4.78, 5) is 15.3. The Labute approximate surface area is 175 Å². The average Bonchev–Trinajstić information content (AvgIpc) is 3.13. The Morgan fingerprint density at radius 3 is 2.93 bits per heavy atom. The van der Waals surface area contributed by atoms with Crippen LogP contribution in [0.4, 0.5) is 8.78 Å². The molecule has 0 bridgehead atoms. The lowest BCUT2D eigenvalue weighted by Crippen LogP contribution is -2.46. The number of hydrogen-bond acceptors (Lipinski definition) is 4. The van der Waals surface area contributed by atoms with Crippen LogP contribution in [0.15, 0.2) is 42.5 Å². The molecular formula is C23H27F2N3O2. The van der Waals surface area contributed by atoms with Crippen molar-refractivity contribution in [3.05, 3.63) is 65.2 Å². The number of benzene rings is 2. The second-order valence-corrected chi connectivity index (χ2v) is 7.93. The molecule has 3 atom stereocenters. The normalized spacial score (nSPS) is 23.3. The summed E-state index contributed by atoms with van der Waals surface area (Å²) in [5.74, 6) is -0.622. The van der Waals surface area contributed by atoms with Gasteiger partial charge < -0.3 is 20.3 Å². The Hall–Kier alpha value is -2.51. The molecule has 0 radical (unpaired) electrons. The van der Waals surface area contributed by atoms with Gasteiger partial charge in [0.25, 0.3) is 5.91 Å². The highest BCUT2D eigenvalue weighted by Gasteiger charge is 2.46. The van der Waals surface area contributed by atoms with E-state index in [-0.39, 0.29) is 23.8 Å². The van der Waals surface area contributed by atoms with Gasteiger partial charge in [0.05, 0.1) is 0 Å². The molecule has 2 saturated heterocycles. The number of carbonyl (C=O) groups excluding carboxylic acids is 1. The fraction of sp³-hybridized carbons (Fsp3) is 0.435. The molecule has 0 aromatic heterocycles. The summed E-state index contributed by atoms with van der Waals surface area (Å²) in [5.41, 5.74) is 1.05. The van der Waals surface area contributed by atoms with Crippen LogP contribution in [0.2, 0.25) is 0 Å². The number of likely N-dealkylation sites (N-methyl/N-ethyl adjacent to an activating group) is 1. The number of halogens is 2. The van der Waals surface area contributed by atoms with Crippen molar-refractivity contribution in [3.63, 3.8) is 0 Å². The van der Waals surface area contributed by atoms with Crippen LogP contribution < -0.4 is 15.4 Å². The van der Waals surface area contributed by atoms with Crippen molar-refractivity contribution in [1.82, 2.24) is 15.5 Å². The zero-order chi connectivity index (χ0) is 21.1. The van der Waals surface area contributed by atoms with Crippen LogP contribution in [0.25, 0.3) is 0 Å². The standard InChI is InChI=1S/C23H27F2N3O2/c1-26-9-10-30-17-4-2-3-15(11-17)23(29)28-14-20(19-13-27-8-7-22(19)28)18-6-5-16(24)12-21(18)25/h2-6,11-12,19-20,22,26-27H,7-10,13-14H2,1H3/t19-,20-,22-/m1/s1. The minimum atomic E-state index is -0.587. The van der Waals surface area contributed by atoms with Crippen molar-refractivity contribution in [1.29, 1.82) is 0 Å². The predicted octanol–water partition coefficient (Wildman–Crippen LogP) is 2.78. The maximum absolute atomic E-state index is 14.5. The van der Waals surface area contributed by atoms with Crippen LogP contribution in [-0.4, -0.2) is 56.7 Å². The Kier molecular flexibility index (Phi) is 6.29. The summed E-state index contributed by atoms with van der Waals surface area (Å²) in [7, 11) is 1.85. The van der Waals surface area contributed by atoms with Crippen LogP contribution in [0.1, 0.15) is 28.3 Å². The van der Waals surface area contributed by atoms with E-state index in [2.05, 4.69) is 10.6 Å². The maximum atomic E-state index is 14.5. The molecule has 2 fully saturated rings. The molecule has 30 heavy (non-hydrogen) atoms. The van der Waals surface area contributed by atoms with Gasteiger partial charge in [-0.25, -0.2) is 8.78 Å². The molecule has 0 spiro atoms. The van der Waals surface area contributed by atoms with Crippen molar-refractivity contribution in [2.45, 2.75) is 18.4 Å². The molecule has 2 aromatic rings. The summed E-state index contributed by atoms with van der Waals surface area (Å²) in [6, 6.07) is 11.0. The van der Waals surface area contributed by atoms with E-state index >= 15 is 0 Å². The molecule has 0 aliphatic carbocycles. The van der Waals surface area contributed by atoms with Gasteiger partial charge in [0.15, 0.2) is 0 Å². The van der Waals surface area contributed by atoms with E-state index < -0.39 is 11.6 Å². The van der Waals surface area contributed by atoms with E-state index in [0.29, 0.717) is 43.1 Å². The van der Waals surface area contributed by atoms with Gasteiger partial charge in [-0.2, -0.15) is 0 Å². The van der Waals surface area contributed by atoms with Gasteiger partial charge in [0.1, 0.15) is 24.0 Å². The zero-order valence-corrected chi connectivity index (χ0v) is 17.0. The van der Waals surface area contributed by atoms with Gasteiger partial charge in [0, 0.05) is 49.1 Å². The SMILES string of the molecule is CNCCOc1cccc(C(=O)N2C[C@H](c3ccc(F)cc3F)[C@H]3CNCC[C@H]32)c1. The minimum absolute atomic E-state index is 0.0297. The van der Waals surface area contributed by atoms with Gasteiger partial charge in [-0.15, -0.1) is 0 Å². The van der Waals surface area contributed by atoms with E-state index in [1.807, 2.05) is 24.1 Å². The summed E-state index contributed by atoms with van der Waals surface area (Å²) in [5, 5.41) is 6.38. The Bertz CT molecular complexity index is 908. The molecular weight excluding hydrogens is 388 g/mol. The highest BCUT2D eigenvalue weighted by molar-refractivity contribution is 5.95. The van der Waals surface area contributed by atoms with E-state index in [0.717, 1.165) is 19.0 Å². The third kappa shape index (κ3) is 4.18. The number of carbonyl (C=O) groups is 1. The molecule has 160 valence electrons. The molecule has 1 amide bonds. The number of piperidine rings is 1. The Balaban J connectivity index is 1.57. The predicted molar refractivity (Wildman–Crippen MR) is 111 cm³/mol. The maximum Gasteiger partial charge on any atom is 0.254 e. The lowest BCUT2D eigenvalue weighted by molar-refractivity contribution is 0.0697. The molecule has 2 aromatic carbocycles. The van der Waals surface area contributed by atoms with E-state index in [1.165, 1.54) is 12.1 Å². The molecule has 2 N–H and O–H groups in total. The third-order valence-corrected chi connectivity index (χ3v) is 6.13. The molecule has 7 heteroatoms. The molecule has 5 nitrogen and oxygen atoms in total. The van der Waals surface area contributed by atoms with Crippen LogP contribution in [0.3, 0.4) is 0 Å². The quantitative estimate of drug-likeness (QED) is 0.713. The zero-order valence-electron chi connectivity index (χ0n) is 17.0. The van der Waals surface area contributed by atoms with Gasteiger partial charge >= 0.3 is 0 Å². The van der Waals surface area contributed by atoms with Crippen LogP contribution in [0, 0.1) is 17.6 Å². The second kappa shape index (κ2) is 9.10. The number of nitrogens with zero attached hydrogens (tertiary/aromatic N) is 1. The van der Waals surface area contributed by atoms with Crippen LogP contribution in [-0.2, 0) is 0 Å². The summed E-state index contributed by atoms with van der Waals surface area (Å²) >= 11 is 0. The fourth-order valence-corrected chi connectivity index (χ4v) is 4.67. The van der Waals surface area contributed by atoms with Crippen LogP contribution in [0.5, 0.6) is 5.75 Å². The van der Waals surface area contributed by atoms with Gasteiger partial charge in [-0.1, -0.05) is 12.1 Å². The van der Waals surface area contributed by atoms with Crippen molar-refractivity contribution in [2.24, 2.45) is 5.92 Å². The molecule has 4 rings (SSSR count). The average molecular weight is 415 g/mol. The summed E-state index contributed by atoms with van der Waals surface area (Å²) in [6.45, 7) is 3.18. The van der Waals surface area contributed by atoms with E-state index in [9.17, 15) is 13.6 Å². The number of likely N-dealkylation sites (tertiary alicyclic amines) is 1. The largest absolute Gasteiger partial charge is 0.492 e. The first kappa shape index (κ1) is 20.8. The Morgan fingerprint density at radius 1 is 1.27 bits per heavy atom. The fourth-order valence-electron chi connectivity index (χ4n) is 4.67. The topological polar surface area (TPSA) is 53.6 Å². The van der Waals surface area contributed by atoms with Gasteiger partial charge in [-0.3, -0.25) is 4.79 Å². The first-order valence-corrected chi connectivity index (χ1v) is 10.4. The minimum Gasteiger partial charge on any atom is -0.492 e. The third-order valence-electron chi connectivity index (χ3n) is 6.13.